The second kappa shape index (κ2) is 8.87. The third kappa shape index (κ3) is 5.10. The van der Waals surface area contributed by atoms with Gasteiger partial charge < -0.3 is 10.4 Å². The number of rotatable bonds is 7. The van der Waals surface area contributed by atoms with E-state index in [1.807, 2.05) is 25.3 Å². The number of aromatic nitrogens is 3. The second-order valence-corrected chi connectivity index (χ2v) is 8.65. The van der Waals surface area contributed by atoms with Gasteiger partial charge in [0.1, 0.15) is 5.82 Å². The van der Waals surface area contributed by atoms with Gasteiger partial charge in [-0.1, -0.05) is 23.9 Å². The first-order valence-electron chi connectivity index (χ1n) is 8.65. The highest BCUT2D eigenvalue weighted by molar-refractivity contribution is 7.98. The van der Waals surface area contributed by atoms with Crippen molar-refractivity contribution >= 4 is 27.6 Å². The van der Waals surface area contributed by atoms with Crippen LogP contribution in [0.4, 0.5) is 5.82 Å². The van der Waals surface area contributed by atoms with Gasteiger partial charge in [0, 0.05) is 30.1 Å². The maximum absolute atomic E-state index is 11.6. The smallest absolute Gasteiger partial charge is 0.238 e. The molecule has 0 atom stereocenters. The molecule has 152 valence electrons. The fourth-order valence-electron chi connectivity index (χ4n) is 2.69. The third-order valence-corrected chi connectivity index (χ3v) is 5.77. The van der Waals surface area contributed by atoms with Gasteiger partial charge in [-0.25, -0.2) is 23.5 Å². The molecule has 0 radical (unpaired) electrons. The zero-order chi connectivity index (χ0) is 21.0. The van der Waals surface area contributed by atoms with Gasteiger partial charge in [0.25, 0.3) is 0 Å². The largest absolute Gasteiger partial charge is 0.391 e. The summed E-state index contributed by atoms with van der Waals surface area (Å²) in [5, 5.41) is 18.5. The summed E-state index contributed by atoms with van der Waals surface area (Å²) in [5.74, 6) is 0.577. The molecule has 0 aliphatic heterocycles. The zero-order valence-electron chi connectivity index (χ0n) is 16.0. The highest BCUT2D eigenvalue weighted by Gasteiger charge is 2.12. The number of aliphatic hydroxyl groups excluding tert-OH is 1. The molecule has 0 aliphatic carbocycles. The Morgan fingerprint density at radius 2 is 1.97 bits per heavy atom. The minimum Gasteiger partial charge on any atom is -0.391 e. The summed E-state index contributed by atoms with van der Waals surface area (Å²) in [7, 11) is -3.78. The fraction of sp³-hybridized carbons (Fsp3) is 0.211. The molecule has 10 heteroatoms. The van der Waals surface area contributed by atoms with Crippen LogP contribution < -0.4 is 10.5 Å². The second-order valence-electron chi connectivity index (χ2n) is 6.32. The number of nitrogens with one attached hydrogen (secondary N) is 1. The Kier molecular flexibility index (Phi) is 6.48. The number of hydrogen-bond acceptors (Lipinski definition) is 8. The monoisotopic (exact) mass is 431 g/mol. The minimum absolute atomic E-state index is 0.0514. The first kappa shape index (κ1) is 21.2. The fourth-order valence-corrected chi connectivity index (χ4v) is 3.57. The van der Waals surface area contributed by atoms with Crippen molar-refractivity contribution in [2.75, 3.05) is 11.6 Å². The molecule has 8 nitrogen and oxygen atoms in total. The van der Waals surface area contributed by atoms with E-state index in [1.165, 1.54) is 23.9 Å². The molecule has 0 spiro atoms. The minimum atomic E-state index is -3.78. The number of benzene rings is 1. The predicted octanol–water partition coefficient (Wildman–Crippen LogP) is 2.32. The lowest BCUT2D eigenvalue weighted by Gasteiger charge is -2.11. The Morgan fingerprint density at radius 3 is 2.59 bits per heavy atom. The molecule has 4 N–H and O–H groups in total. The molecule has 2 heterocycles. The van der Waals surface area contributed by atoms with Crippen LogP contribution in [-0.2, 0) is 23.2 Å². The van der Waals surface area contributed by atoms with Crippen molar-refractivity contribution < 1.29 is 13.5 Å². The van der Waals surface area contributed by atoms with Gasteiger partial charge in [-0.05, 0) is 42.5 Å². The molecule has 0 aliphatic rings. The standard InChI is InChI=1S/C19H21N5O3S2/c1-12-3-5-15(29(20,26)27)7-16(12)17-6-4-13(8-21-17)9-22-18-14(11-25)10-23-19(24-18)28-2/h3-8,10,25H,9,11H2,1-2H3,(H2,20,26,27)(H,22,23,24). The Bertz CT molecular complexity index is 1120. The molecule has 0 bridgehead atoms. The van der Waals surface area contributed by atoms with Crippen molar-refractivity contribution in [2.45, 2.75) is 30.1 Å². The lowest BCUT2D eigenvalue weighted by Crippen LogP contribution is -2.12. The number of thioether (sulfide) groups is 1. The topological polar surface area (TPSA) is 131 Å². The maximum atomic E-state index is 11.6. The predicted molar refractivity (Wildman–Crippen MR) is 113 cm³/mol. The van der Waals surface area contributed by atoms with Crippen LogP contribution >= 0.6 is 11.8 Å². The summed E-state index contributed by atoms with van der Waals surface area (Å²) in [6.45, 7) is 2.18. The number of nitrogens with zero attached hydrogens (tertiary/aromatic N) is 3. The van der Waals surface area contributed by atoms with Gasteiger partial charge in [-0.15, -0.1) is 0 Å². The van der Waals surface area contributed by atoms with Crippen LogP contribution in [0.25, 0.3) is 11.3 Å². The zero-order valence-corrected chi connectivity index (χ0v) is 17.6. The number of sulfonamides is 1. The number of nitrogens with two attached hydrogens (primary N) is 1. The molecule has 0 saturated carbocycles. The van der Waals surface area contributed by atoms with Gasteiger partial charge in [0.15, 0.2) is 5.16 Å². The van der Waals surface area contributed by atoms with E-state index in [0.29, 0.717) is 34.3 Å². The molecule has 2 aromatic heterocycles. The molecule has 1 aromatic carbocycles. The number of hydrogen-bond donors (Lipinski definition) is 3. The summed E-state index contributed by atoms with van der Waals surface area (Å²) in [6, 6.07) is 8.44. The number of aliphatic hydroxyl groups is 1. The Labute approximate surface area is 173 Å². The number of primary sulfonamides is 1. The first-order chi connectivity index (χ1) is 13.8. The van der Waals surface area contributed by atoms with Crippen molar-refractivity contribution in [1.82, 2.24) is 15.0 Å². The van der Waals surface area contributed by atoms with Crippen LogP contribution in [0.15, 0.2) is 52.8 Å². The summed E-state index contributed by atoms with van der Waals surface area (Å²) < 4.78 is 23.2. The van der Waals surface area contributed by atoms with Crippen molar-refractivity contribution in [3.63, 3.8) is 0 Å². The van der Waals surface area contributed by atoms with E-state index in [0.717, 1.165) is 11.1 Å². The summed E-state index contributed by atoms with van der Waals surface area (Å²) in [6.07, 6.45) is 5.19. The van der Waals surface area contributed by atoms with E-state index in [2.05, 4.69) is 20.3 Å². The van der Waals surface area contributed by atoms with Crippen molar-refractivity contribution in [3.05, 3.63) is 59.4 Å². The van der Waals surface area contributed by atoms with E-state index in [9.17, 15) is 13.5 Å². The number of aryl methyl sites for hydroxylation is 1. The summed E-state index contributed by atoms with van der Waals surface area (Å²) in [4.78, 5) is 13.0. The summed E-state index contributed by atoms with van der Waals surface area (Å²) >= 11 is 1.42. The van der Waals surface area contributed by atoms with E-state index < -0.39 is 10.0 Å². The highest BCUT2D eigenvalue weighted by Crippen LogP contribution is 2.25. The normalized spacial score (nSPS) is 11.4. The van der Waals surface area contributed by atoms with Gasteiger partial charge >= 0.3 is 0 Å². The van der Waals surface area contributed by atoms with Crippen molar-refractivity contribution in [2.24, 2.45) is 5.14 Å². The van der Waals surface area contributed by atoms with Gasteiger partial charge in [0.05, 0.1) is 17.2 Å². The average molecular weight is 432 g/mol. The molecule has 0 unspecified atom stereocenters. The molecular weight excluding hydrogens is 410 g/mol. The number of pyridine rings is 1. The molecule has 0 amide bonds. The van der Waals surface area contributed by atoms with E-state index in [-0.39, 0.29) is 11.5 Å². The van der Waals surface area contributed by atoms with Crippen LogP contribution in [0, 0.1) is 6.92 Å². The molecular formula is C19H21N5O3S2. The van der Waals surface area contributed by atoms with E-state index in [4.69, 9.17) is 5.14 Å². The van der Waals surface area contributed by atoms with Crippen LogP contribution in [0.3, 0.4) is 0 Å². The molecule has 3 rings (SSSR count). The maximum Gasteiger partial charge on any atom is 0.238 e. The quantitative estimate of drug-likeness (QED) is 0.384. The van der Waals surface area contributed by atoms with E-state index >= 15 is 0 Å². The lowest BCUT2D eigenvalue weighted by molar-refractivity contribution is 0.281. The van der Waals surface area contributed by atoms with Gasteiger partial charge in [0.2, 0.25) is 10.0 Å². The first-order valence-corrected chi connectivity index (χ1v) is 11.4. The molecule has 3 aromatic rings. The van der Waals surface area contributed by atoms with E-state index in [1.54, 1.807) is 18.5 Å². The molecule has 0 fully saturated rings. The number of anilines is 1. The Hall–Kier alpha value is -2.53. The van der Waals surface area contributed by atoms with Gasteiger partial charge in [-0.2, -0.15) is 0 Å². The summed E-state index contributed by atoms with van der Waals surface area (Å²) in [5.41, 5.74) is 3.78. The Balaban J connectivity index is 1.80. The average Bonchev–Trinajstić information content (AvgIpc) is 2.72. The highest BCUT2D eigenvalue weighted by atomic mass is 32.2. The Morgan fingerprint density at radius 1 is 1.17 bits per heavy atom. The van der Waals surface area contributed by atoms with Crippen LogP contribution in [0.5, 0.6) is 0 Å². The molecule has 0 saturated heterocycles. The van der Waals surface area contributed by atoms with Crippen molar-refractivity contribution in [3.8, 4) is 11.3 Å². The molecule has 29 heavy (non-hydrogen) atoms. The lowest BCUT2D eigenvalue weighted by atomic mass is 10.0. The van der Waals surface area contributed by atoms with Gasteiger partial charge in [-0.3, -0.25) is 4.98 Å². The van der Waals surface area contributed by atoms with Crippen LogP contribution in [0.1, 0.15) is 16.7 Å². The third-order valence-electron chi connectivity index (χ3n) is 4.29. The van der Waals surface area contributed by atoms with Crippen molar-refractivity contribution in [1.29, 1.82) is 0 Å². The SMILES string of the molecule is CSc1ncc(CO)c(NCc2ccc(-c3cc(S(N)(=O)=O)ccc3C)nc2)n1. The van der Waals surface area contributed by atoms with Crippen LogP contribution in [-0.4, -0.2) is 34.7 Å². The van der Waals surface area contributed by atoms with Crippen LogP contribution in [0.2, 0.25) is 0 Å².